The molecule has 0 aromatic heterocycles. The number of thioether (sulfide) groups is 1. The number of carbonyl (C=O) groups is 2. The molecule has 2 atom stereocenters. The van der Waals surface area contributed by atoms with Gasteiger partial charge in [-0.1, -0.05) is 39.2 Å². The Hall–Kier alpha value is -1.69. The fourth-order valence-corrected chi connectivity index (χ4v) is 4.93. The predicted octanol–water partition coefficient (Wildman–Crippen LogP) is 6.10. The average molecular weight is 464 g/mol. The smallest absolute Gasteiger partial charge is 0.338 e. The van der Waals surface area contributed by atoms with Gasteiger partial charge in [0.15, 0.2) is 0 Å². The zero-order valence-corrected chi connectivity index (χ0v) is 21.3. The molecule has 0 spiro atoms. The number of rotatable bonds is 12. The lowest BCUT2D eigenvalue weighted by Crippen LogP contribution is -2.24. The molecule has 32 heavy (non-hydrogen) atoms. The van der Waals surface area contributed by atoms with Gasteiger partial charge >= 0.3 is 11.9 Å². The molecule has 1 aromatic carbocycles. The minimum Gasteiger partial charge on any atom is -0.465 e. The Bertz CT molecular complexity index is 731. The number of esters is 2. The van der Waals surface area contributed by atoms with E-state index in [0.717, 1.165) is 43.8 Å². The Balaban J connectivity index is 1.73. The molecule has 0 N–H and O–H groups in total. The first-order chi connectivity index (χ1) is 15.2. The Morgan fingerprint density at radius 1 is 1.25 bits per heavy atom. The molecule has 6 heteroatoms. The first kappa shape index (κ1) is 26.6. The van der Waals surface area contributed by atoms with Crippen LogP contribution in [-0.2, 0) is 14.3 Å². The fraction of sp³-hybridized carbons (Fsp3) is 0.692. The monoisotopic (exact) mass is 463 g/mol. The highest BCUT2D eigenvalue weighted by Crippen LogP contribution is 2.28. The van der Waals surface area contributed by atoms with Crippen LogP contribution in [0.25, 0.3) is 0 Å². The van der Waals surface area contributed by atoms with E-state index < -0.39 is 5.60 Å². The van der Waals surface area contributed by atoms with Gasteiger partial charge < -0.3 is 14.4 Å². The van der Waals surface area contributed by atoms with E-state index in [1.165, 1.54) is 12.8 Å². The number of hydrogen-bond acceptors (Lipinski definition) is 6. The van der Waals surface area contributed by atoms with Crippen LogP contribution in [-0.4, -0.2) is 48.2 Å². The molecule has 0 amide bonds. The molecule has 0 radical (unpaired) electrons. The van der Waals surface area contributed by atoms with Gasteiger partial charge in [-0.2, -0.15) is 11.8 Å². The van der Waals surface area contributed by atoms with Crippen LogP contribution in [0.2, 0.25) is 0 Å². The largest absolute Gasteiger partial charge is 0.465 e. The van der Waals surface area contributed by atoms with E-state index in [4.69, 9.17) is 9.47 Å². The summed E-state index contributed by atoms with van der Waals surface area (Å²) in [6, 6.07) is 7.67. The summed E-state index contributed by atoms with van der Waals surface area (Å²) in [6.45, 7) is 12.4. The Morgan fingerprint density at radius 3 is 2.72 bits per heavy atom. The number of hydrogen-bond donors (Lipinski definition) is 0. The van der Waals surface area contributed by atoms with Crippen LogP contribution in [0, 0.1) is 5.92 Å². The van der Waals surface area contributed by atoms with Crippen molar-refractivity contribution in [2.75, 3.05) is 30.3 Å². The topological polar surface area (TPSA) is 55.8 Å². The minimum atomic E-state index is -0.503. The maximum Gasteiger partial charge on any atom is 0.338 e. The molecule has 1 fully saturated rings. The lowest BCUT2D eigenvalue weighted by molar-refractivity contribution is -0.144. The number of benzene rings is 1. The van der Waals surface area contributed by atoms with Gasteiger partial charge in [0.05, 0.1) is 18.6 Å². The molecular weight excluding hydrogens is 422 g/mol. The molecule has 1 heterocycles. The van der Waals surface area contributed by atoms with E-state index in [0.29, 0.717) is 29.8 Å². The van der Waals surface area contributed by atoms with Gasteiger partial charge in [-0.3, -0.25) is 4.79 Å². The van der Waals surface area contributed by atoms with E-state index in [9.17, 15) is 9.59 Å². The Labute approximate surface area is 198 Å². The summed E-state index contributed by atoms with van der Waals surface area (Å²) in [4.78, 5) is 26.8. The van der Waals surface area contributed by atoms with Crippen LogP contribution in [0.15, 0.2) is 24.3 Å². The molecule has 1 aliphatic heterocycles. The normalized spacial score (nSPS) is 17.3. The first-order valence-corrected chi connectivity index (χ1v) is 13.1. The molecule has 180 valence electrons. The van der Waals surface area contributed by atoms with Crippen LogP contribution >= 0.6 is 11.8 Å². The van der Waals surface area contributed by atoms with Crippen LogP contribution in [0.3, 0.4) is 0 Å². The van der Waals surface area contributed by atoms with E-state index in [1.54, 1.807) is 6.07 Å². The molecule has 0 bridgehead atoms. The molecule has 0 saturated carbocycles. The third-order valence-electron chi connectivity index (χ3n) is 5.67. The molecule has 5 nitrogen and oxygen atoms in total. The standard InChI is InChI=1S/C26H41NO4S/c1-6-8-10-20(7-2)19-30-24(28)14-16-32-23-13-15-27(18-23)22-12-9-11-21(17-22)25(29)31-26(3,4)5/h9,11-12,17,20,23H,6-8,10,13-16,18-19H2,1-5H3. The number of nitrogens with zero attached hydrogens (tertiary/aromatic N) is 1. The van der Waals surface area contributed by atoms with E-state index in [1.807, 2.05) is 50.7 Å². The van der Waals surface area contributed by atoms with Gasteiger partial charge in [-0.05, 0) is 57.7 Å². The van der Waals surface area contributed by atoms with Crippen LogP contribution < -0.4 is 4.90 Å². The number of anilines is 1. The zero-order valence-electron chi connectivity index (χ0n) is 20.5. The van der Waals surface area contributed by atoms with Crippen molar-refractivity contribution in [3.05, 3.63) is 29.8 Å². The van der Waals surface area contributed by atoms with E-state index >= 15 is 0 Å². The highest BCUT2D eigenvalue weighted by atomic mass is 32.2. The number of carbonyl (C=O) groups excluding carboxylic acids is 2. The molecule has 1 aliphatic rings. The highest BCUT2D eigenvalue weighted by molar-refractivity contribution is 7.99. The first-order valence-electron chi connectivity index (χ1n) is 12.1. The van der Waals surface area contributed by atoms with Gasteiger partial charge in [0.25, 0.3) is 0 Å². The van der Waals surface area contributed by atoms with Crippen molar-refractivity contribution in [3.8, 4) is 0 Å². The summed E-state index contributed by atoms with van der Waals surface area (Å²) < 4.78 is 11.0. The molecular formula is C26H41NO4S. The van der Waals surface area contributed by atoms with Crippen molar-refractivity contribution in [2.45, 2.75) is 84.0 Å². The van der Waals surface area contributed by atoms with Gasteiger partial charge in [0.1, 0.15) is 5.60 Å². The summed E-state index contributed by atoms with van der Waals surface area (Å²) in [5.41, 5.74) is 1.13. The SMILES string of the molecule is CCCCC(CC)COC(=O)CCSC1CCN(c2cccc(C(=O)OC(C)(C)C)c2)C1. The van der Waals surface area contributed by atoms with Gasteiger partial charge in [0.2, 0.25) is 0 Å². The quantitative estimate of drug-likeness (QED) is 0.349. The van der Waals surface area contributed by atoms with Crippen LogP contribution in [0.4, 0.5) is 5.69 Å². The van der Waals surface area contributed by atoms with Crippen LogP contribution in [0.1, 0.15) is 83.5 Å². The summed E-state index contributed by atoms with van der Waals surface area (Å²) in [5, 5.41) is 0.487. The van der Waals surface area contributed by atoms with Gasteiger partial charge in [-0.15, -0.1) is 0 Å². The molecule has 0 aliphatic carbocycles. The van der Waals surface area contributed by atoms with Crippen molar-refractivity contribution < 1.29 is 19.1 Å². The van der Waals surface area contributed by atoms with Gasteiger partial charge in [0, 0.05) is 29.8 Å². The maximum absolute atomic E-state index is 12.4. The van der Waals surface area contributed by atoms with Crippen LogP contribution in [0.5, 0.6) is 0 Å². The third kappa shape index (κ3) is 9.43. The molecule has 2 unspecified atom stereocenters. The van der Waals surface area contributed by atoms with Gasteiger partial charge in [-0.25, -0.2) is 4.79 Å². The third-order valence-corrected chi connectivity index (χ3v) is 6.97. The van der Waals surface area contributed by atoms with Crippen molar-refractivity contribution in [1.29, 1.82) is 0 Å². The molecule has 1 aromatic rings. The van der Waals surface area contributed by atoms with Crippen molar-refractivity contribution in [1.82, 2.24) is 0 Å². The second-order valence-corrected chi connectivity index (χ2v) is 11.0. The minimum absolute atomic E-state index is 0.0765. The fourth-order valence-electron chi connectivity index (χ4n) is 3.76. The lowest BCUT2D eigenvalue weighted by atomic mass is 10.0. The van der Waals surface area contributed by atoms with E-state index in [2.05, 4.69) is 18.7 Å². The summed E-state index contributed by atoms with van der Waals surface area (Å²) in [5.74, 6) is 0.919. The van der Waals surface area contributed by atoms with E-state index in [-0.39, 0.29) is 11.9 Å². The highest BCUT2D eigenvalue weighted by Gasteiger charge is 2.25. The predicted molar refractivity (Wildman–Crippen MR) is 134 cm³/mol. The van der Waals surface area contributed by atoms with Crippen molar-refractivity contribution in [3.63, 3.8) is 0 Å². The molecule has 1 saturated heterocycles. The molecule has 2 rings (SSSR count). The van der Waals surface area contributed by atoms with Crippen molar-refractivity contribution >= 4 is 29.4 Å². The van der Waals surface area contributed by atoms with Crippen molar-refractivity contribution in [2.24, 2.45) is 5.92 Å². The lowest BCUT2D eigenvalue weighted by Gasteiger charge is -2.21. The maximum atomic E-state index is 12.4. The number of ether oxygens (including phenoxy) is 2. The second-order valence-electron chi connectivity index (χ2n) is 9.63. The second kappa shape index (κ2) is 13.1. The zero-order chi connectivity index (χ0) is 23.6. The summed E-state index contributed by atoms with van der Waals surface area (Å²) in [7, 11) is 0. The summed E-state index contributed by atoms with van der Waals surface area (Å²) >= 11 is 1.85. The Kier molecular flexibility index (Phi) is 10.9. The number of unbranched alkanes of at least 4 members (excludes halogenated alkanes) is 1. The average Bonchev–Trinajstić information content (AvgIpc) is 3.22. The summed E-state index contributed by atoms with van der Waals surface area (Å²) in [6.07, 6.45) is 6.14. The Morgan fingerprint density at radius 2 is 2.03 bits per heavy atom.